The first-order valence-electron chi connectivity index (χ1n) is 6.95. The fourth-order valence-corrected chi connectivity index (χ4v) is 2.17. The average molecular weight is 305 g/mol. The smallest absolute Gasteiger partial charge is 0.346 e. The maximum Gasteiger partial charge on any atom is 0.346 e. The molecule has 0 radical (unpaired) electrons. The molecule has 0 fully saturated rings. The first-order chi connectivity index (χ1) is 10.7. The second-order valence-corrected chi connectivity index (χ2v) is 4.80. The van der Waals surface area contributed by atoms with Crippen LogP contribution in [0.1, 0.15) is 10.4 Å². The van der Waals surface area contributed by atoms with Gasteiger partial charge >= 0.3 is 5.63 Å². The Hall–Kier alpha value is -2.18. The van der Waals surface area contributed by atoms with E-state index in [1.165, 1.54) is 6.07 Å². The lowest BCUT2D eigenvalue weighted by Crippen LogP contribution is -2.30. The van der Waals surface area contributed by atoms with E-state index in [0.29, 0.717) is 43.6 Å². The van der Waals surface area contributed by atoms with E-state index in [-0.39, 0.29) is 5.56 Å². The molecule has 0 aliphatic heterocycles. The SMILES string of the molecule is COCCN(CCOC)c1ccc2cc(C=O)c(=O)oc2c1. The predicted octanol–water partition coefficient (Wildman–Crippen LogP) is 1.70. The van der Waals surface area contributed by atoms with Gasteiger partial charge in [0.1, 0.15) is 11.1 Å². The standard InChI is InChI=1S/C16H19NO5/c1-20-7-5-17(6-8-21-2)14-4-3-12-9-13(11-18)16(19)22-15(12)10-14/h3-4,9-11H,5-8H2,1-2H3. The molecule has 0 bridgehead atoms. The van der Waals surface area contributed by atoms with E-state index in [1.54, 1.807) is 20.3 Å². The van der Waals surface area contributed by atoms with E-state index < -0.39 is 5.63 Å². The van der Waals surface area contributed by atoms with Gasteiger partial charge in [0, 0.05) is 44.4 Å². The number of methoxy groups -OCH3 is 2. The van der Waals surface area contributed by atoms with Crippen LogP contribution in [0.25, 0.3) is 11.0 Å². The topological polar surface area (TPSA) is 69.0 Å². The zero-order chi connectivity index (χ0) is 15.9. The van der Waals surface area contributed by atoms with Crippen molar-refractivity contribution in [1.82, 2.24) is 0 Å². The molecule has 118 valence electrons. The number of benzene rings is 1. The molecule has 1 aromatic carbocycles. The van der Waals surface area contributed by atoms with Crippen molar-refractivity contribution in [3.8, 4) is 0 Å². The molecular formula is C16H19NO5. The quantitative estimate of drug-likeness (QED) is 0.546. The lowest BCUT2D eigenvalue weighted by molar-refractivity contribution is 0.112. The molecule has 0 aliphatic rings. The third-order valence-corrected chi connectivity index (χ3v) is 3.37. The number of carbonyl (C=O) groups is 1. The van der Waals surface area contributed by atoms with Crippen LogP contribution in [0.15, 0.2) is 33.5 Å². The summed E-state index contributed by atoms with van der Waals surface area (Å²) in [7, 11) is 3.30. The molecule has 1 heterocycles. The Morgan fingerprint density at radius 1 is 1.14 bits per heavy atom. The van der Waals surface area contributed by atoms with Crippen LogP contribution in [0.4, 0.5) is 5.69 Å². The molecule has 2 rings (SSSR count). The summed E-state index contributed by atoms with van der Waals surface area (Å²) in [6.45, 7) is 2.55. The molecule has 6 nitrogen and oxygen atoms in total. The second kappa shape index (κ2) is 7.72. The number of aldehydes is 1. The number of hydrogen-bond acceptors (Lipinski definition) is 6. The molecule has 0 saturated carbocycles. The summed E-state index contributed by atoms with van der Waals surface area (Å²) in [6, 6.07) is 7.07. The molecule has 0 saturated heterocycles. The average Bonchev–Trinajstić information content (AvgIpc) is 2.54. The Bertz CT molecular complexity index is 686. The van der Waals surface area contributed by atoms with Crippen molar-refractivity contribution < 1.29 is 18.7 Å². The summed E-state index contributed by atoms with van der Waals surface area (Å²) in [5.74, 6) is 0. The van der Waals surface area contributed by atoms with Crippen LogP contribution < -0.4 is 10.5 Å². The van der Waals surface area contributed by atoms with Gasteiger partial charge in [0.15, 0.2) is 6.29 Å². The zero-order valence-corrected chi connectivity index (χ0v) is 12.7. The van der Waals surface area contributed by atoms with Crippen LogP contribution in [0.3, 0.4) is 0 Å². The van der Waals surface area contributed by atoms with E-state index in [9.17, 15) is 9.59 Å². The number of nitrogens with zero attached hydrogens (tertiary/aromatic N) is 1. The summed E-state index contributed by atoms with van der Waals surface area (Å²) < 4.78 is 15.4. The van der Waals surface area contributed by atoms with Crippen molar-refractivity contribution in [2.24, 2.45) is 0 Å². The third-order valence-electron chi connectivity index (χ3n) is 3.37. The number of anilines is 1. The molecule has 0 aliphatic carbocycles. The molecule has 1 aromatic heterocycles. The van der Waals surface area contributed by atoms with Gasteiger partial charge in [0.25, 0.3) is 0 Å². The first-order valence-corrected chi connectivity index (χ1v) is 6.95. The highest BCUT2D eigenvalue weighted by Gasteiger charge is 2.10. The monoisotopic (exact) mass is 305 g/mol. The molecule has 0 unspecified atom stereocenters. The summed E-state index contributed by atoms with van der Waals surface area (Å²) >= 11 is 0. The minimum absolute atomic E-state index is 0.0240. The minimum atomic E-state index is -0.625. The van der Waals surface area contributed by atoms with Gasteiger partial charge in [0.2, 0.25) is 0 Å². The fraction of sp³-hybridized carbons (Fsp3) is 0.375. The van der Waals surface area contributed by atoms with E-state index in [1.807, 2.05) is 12.1 Å². The van der Waals surface area contributed by atoms with Crippen LogP contribution >= 0.6 is 0 Å². The van der Waals surface area contributed by atoms with Crippen molar-refractivity contribution in [3.05, 3.63) is 40.2 Å². The Balaban J connectivity index is 2.36. The molecular weight excluding hydrogens is 286 g/mol. The van der Waals surface area contributed by atoms with Crippen molar-refractivity contribution >= 4 is 22.9 Å². The summed E-state index contributed by atoms with van der Waals surface area (Å²) in [6.07, 6.45) is 0.503. The number of carbonyl (C=O) groups excluding carboxylic acids is 1. The van der Waals surface area contributed by atoms with E-state index in [2.05, 4.69) is 4.90 Å². The molecule has 2 aromatic rings. The maximum absolute atomic E-state index is 11.6. The highest BCUT2D eigenvalue weighted by Crippen LogP contribution is 2.21. The highest BCUT2D eigenvalue weighted by atomic mass is 16.5. The van der Waals surface area contributed by atoms with Gasteiger partial charge in [-0.25, -0.2) is 4.79 Å². The van der Waals surface area contributed by atoms with Crippen LogP contribution in [-0.2, 0) is 9.47 Å². The van der Waals surface area contributed by atoms with Gasteiger partial charge in [-0.2, -0.15) is 0 Å². The van der Waals surface area contributed by atoms with Crippen LogP contribution in [0.5, 0.6) is 0 Å². The van der Waals surface area contributed by atoms with Crippen LogP contribution in [0.2, 0.25) is 0 Å². The first kappa shape index (κ1) is 16.2. The molecule has 6 heteroatoms. The van der Waals surface area contributed by atoms with E-state index in [0.717, 1.165) is 5.69 Å². The van der Waals surface area contributed by atoms with Gasteiger partial charge in [-0.1, -0.05) is 0 Å². The maximum atomic E-state index is 11.6. The zero-order valence-electron chi connectivity index (χ0n) is 12.7. The van der Waals surface area contributed by atoms with Crippen molar-refractivity contribution in [1.29, 1.82) is 0 Å². The molecule has 0 amide bonds. The van der Waals surface area contributed by atoms with E-state index in [4.69, 9.17) is 13.9 Å². The van der Waals surface area contributed by atoms with E-state index >= 15 is 0 Å². The molecule has 0 atom stereocenters. The Morgan fingerprint density at radius 2 is 1.82 bits per heavy atom. The lowest BCUT2D eigenvalue weighted by atomic mass is 10.1. The molecule has 0 spiro atoms. The predicted molar refractivity (Wildman–Crippen MR) is 83.8 cm³/mol. The van der Waals surface area contributed by atoms with Crippen molar-refractivity contribution in [2.75, 3.05) is 45.4 Å². The number of ether oxygens (including phenoxy) is 2. The summed E-state index contributed by atoms with van der Waals surface area (Å²) in [4.78, 5) is 24.5. The van der Waals surface area contributed by atoms with Crippen molar-refractivity contribution in [3.63, 3.8) is 0 Å². The van der Waals surface area contributed by atoms with Crippen molar-refractivity contribution in [2.45, 2.75) is 0 Å². The Kier molecular flexibility index (Phi) is 5.68. The van der Waals surface area contributed by atoms with Gasteiger partial charge in [0.05, 0.1) is 13.2 Å². The van der Waals surface area contributed by atoms with Crippen LogP contribution in [0, 0.1) is 0 Å². The summed E-state index contributed by atoms with van der Waals surface area (Å²) in [5.41, 5.74) is 0.757. The third kappa shape index (κ3) is 3.72. The fourth-order valence-electron chi connectivity index (χ4n) is 2.17. The van der Waals surface area contributed by atoms with Gasteiger partial charge < -0.3 is 18.8 Å². The Morgan fingerprint density at radius 3 is 2.41 bits per heavy atom. The highest BCUT2D eigenvalue weighted by molar-refractivity contribution is 5.86. The van der Waals surface area contributed by atoms with Gasteiger partial charge in [-0.15, -0.1) is 0 Å². The largest absolute Gasteiger partial charge is 0.422 e. The van der Waals surface area contributed by atoms with Gasteiger partial charge in [-0.3, -0.25) is 4.79 Å². The number of fused-ring (bicyclic) bond motifs is 1. The number of hydrogen-bond donors (Lipinski definition) is 0. The molecule has 0 N–H and O–H groups in total. The normalized spacial score (nSPS) is 10.8. The lowest BCUT2D eigenvalue weighted by Gasteiger charge is -2.24. The second-order valence-electron chi connectivity index (χ2n) is 4.80. The summed E-state index contributed by atoms with van der Waals surface area (Å²) in [5, 5.41) is 0.712. The van der Waals surface area contributed by atoms with Crippen LogP contribution in [-0.4, -0.2) is 46.8 Å². The minimum Gasteiger partial charge on any atom is -0.422 e. The Labute approximate surface area is 128 Å². The molecule has 22 heavy (non-hydrogen) atoms. The van der Waals surface area contributed by atoms with Gasteiger partial charge in [-0.05, 0) is 18.2 Å². The number of rotatable bonds is 8.